The third-order valence-electron chi connectivity index (χ3n) is 4.91. The minimum Gasteiger partial charge on any atom is -0.479 e. The number of rotatable bonds is 5. The highest BCUT2D eigenvalue weighted by Crippen LogP contribution is 2.44. The summed E-state index contributed by atoms with van der Waals surface area (Å²) in [5, 5.41) is 15.8. The largest absolute Gasteiger partial charge is 0.479 e. The molecule has 1 atom stereocenters. The average Bonchev–Trinajstić information content (AvgIpc) is 3.26. The van der Waals surface area contributed by atoms with E-state index in [-0.39, 0.29) is 12.5 Å². The Kier molecular flexibility index (Phi) is 4.57. The number of carboxylic acids is 1. The molecule has 1 unspecified atom stereocenters. The molecular formula is C21H19N3O4. The van der Waals surface area contributed by atoms with Crippen molar-refractivity contribution in [2.45, 2.75) is 12.0 Å². The van der Waals surface area contributed by atoms with Crippen LogP contribution in [0.1, 0.15) is 28.7 Å². The molecule has 1 aliphatic carbocycles. The second kappa shape index (κ2) is 7.19. The number of carboxylic acid groups (broad SMARTS) is 1. The molecule has 1 heterocycles. The standard InChI is InChI=1S/C21H19N3O4/c1-24-11-13(10-22-24)19(20(25)26)23-21(27)28-12-18-16-8-4-2-6-14(16)15-7-3-5-9-17(15)18/h2-11,18-19H,12H2,1H3,(H,23,27)(H,25,26). The van der Waals surface area contributed by atoms with Crippen LogP contribution in [-0.4, -0.2) is 33.6 Å². The molecule has 0 aliphatic heterocycles. The van der Waals surface area contributed by atoms with E-state index in [4.69, 9.17) is 4.74 Å². The normalized spacial score (nSPS) is 13.5. The Labute approximate surface area is 161 Å². The fourth-order valence-electron chi connectivity index (χ4n) is 3.63. The highest BCUT2D eigenvalue weighted by Gasteiger charge is 2.30. The van der Waals surface area contributed by atoms with Crippen LogP contribution in [0.2, 0.25) is 0 Å². The summed E-state index contributed by atoms with van der Waals surface area (Å²) in [6.07, 6.45) is 2.17. The van der Waals surface area contributed by atoms with Gasteiger partial charge in [-0.1, -0.05) is 48.5 Å². The van der Waals surface area contributed by atoms with Crippen molar-refractivity contribution >= 4 is 12.1 Å². The topological polar surface area (TPSA) is 93.5 Å². The number of aryl methyl sites for hydroxylation is 1. The molecule has 7 nitrogen and oxygen atoms in total. The smallest absolute Gasteiger partial charge is 0.408 e. The fraction of sp³-hybridized carbons (Fsp3) is 0.190. The van der Waals surface area contributed by atoms with Crippen LogP contribution in [0.25, 0.3) is 11.1 Å². The molecule has 2 aromatic carbocycles. The lowest BCUT2D eigenvalue weighted by atomic mass is 9.98. The van der Waals surface area contributed by atoms with Crippen molar-refractivity contribution in [3.05, 3.63) is 77.6 Å². The number of ether oxygens (including phenoxy) is 1. The van der Waals surface area contributed by atoms with Gasteiger partial charge in [0.2, 0.25) is 0 Å². The molecular weight excluding hydrogens is 358 g/mol. The molecule has 28 heavy (non-hydrogen) atoms. The molecule has 4 rings (SSSR count). The SMILES string of the molecule is Cn1cc(C(NC(=O)OCC2c3ccccc3-c3ccccc32)C(=O)O)cn1. The summed E-state index contributed by atoms with van der Waals surface area (Å²) in [5.41, 5.74) is 4.83. The maximum Gasteiger partial charge on any atom is 0.408 e. The summed E-state index contributed by atoms with van der Waals surface area (Å²) in [6.45, 7) is 0.124. The predicted octanol–water partition coefficient (Wildman–Crippen LogP) is 3.08. The molecule has 2 N–H and O–H groups in total. The van der Waals surface area contributed by atoms with Gasteiger partial charge in [-0.2, -0.15) is 5.10 Å². The van der Waals surface area contributed by atoms with Crippen LogP contribution in [0.15, 0.2) is 60.9 Å². The van der Waals surface area contributed by atoms with Gasteiger partial charge in [-0.25, -0.2) is 9.59 Å². The molecule has 0 saturated heterocycles. The molecule has 0 bridgehead atoms. The number of nitrogens with zero attached hydrogens (tertiary/aromatic N) is 2. The van der Waals surface area contributed by atoms with Gasteiger partial charge < -0.3 is 15.2 Å². The third kappa shape index (κ3) is 3.22. The Hall–Kier alpha value is -3.61. The number of alkyl carbamates (subject to hydrolysis) is 1. The maximum atomic E-state index is 12.3. The van der Waals surface area contributed by atoms with E-state index in [0.29, 0.717) is 5.56 Å². The number of carbonyl (C=O) groups excluding carboxylic acids is 1. The molecule has 1 amide bonds. The Morgan fingerprint density at radius 3 is 2.29 bits per heavy atom. The van der Waals surface area contributed by atoms with Crippen LogP contribution < -0.4 is 5.32 Å². The first kappa shape index (κ1) is 17.8. The number of fused-ring (bicyclic) bond motifs is 3. The first-order valence-electron chi connectivity index (χ1n) is 8.87. The van der Waals surface area contributed by atoms with Crippen LogP contribution in [0.4, 0.5) is 4.79 Å². The Morgan fingerprint density at radius 1 is 1.14 bits per heavy atom. The van der Waals surface area contributed by atoms with E-state index < -0.39 is 18.1 Å². The first-order chi connectivity index (χ1) is 13.5. The Bertz CT molecular complexity index is 998. The van der Waals surface area contributed by atoms with Gasteiger partial charge in [0.25, 0.3) is 0 Å². The molecule has 1 aromatic heterocycles. The molecule has 0 radical (unpaired) electrons. The van der Waals surface area contributed by atoms with Crippen LogP contribution in [0, 0.1) is 0 Å². The van der Waals surface area contributed by atoms with E-state index in [2.05, 4.69) is 22.5 Å². The summed E-state index contributed by atoms with van der Waals surface area (Å²) in [5.74, 6) is -1.26. The minimum absolute atomic E-state index is 0.0835. The van der Waals surface area contributed by atoms with Crippen molar-refractivity contribution in [2.75, 3.05) is 6.61 Å². The van der Waals surface area contributed by atoms with Gasteiger partial charge in [0.05, 0.1) is 6.20 Å². The van der Waals surface area contributed by atoms with Crippen molar-refractivity contribution in [1.29, 1.82) is 0 Å². The first-order valence-corrected chi connectivity index (χ1v) is 8.87. The fourth-order valence-corrected chi connectivity index (χ4v) is 3.63. The highest BCUT2D eigenvalue weighted by atomic mass is 16.5. The number of aliphatic carboxylic acids is 1. The second-order valence-corrected chi connectivity index (χ2v) is 6.69. The van der Waals surface area contributed by atoms with E-state index in [9.17, 15) is 14.7 Å². The number of nitrogens with one attached hydrogen (secondary N) is 1. The molecule has 0 spiro atoms. The lowest BCUT2D eigenvalue weighted by Gasteiger charge is -2.16. The van der Waals surface area contributed by atoms with Gasteiger partial charge >= 0.3 is 12.1 Å². The molecule has 0 saturated carbocycles. The average molecular weight is 377 g/mol. The number of hydrogen-bond acceptors (Lipinski definition) is 4. The summed E-state index contributed by atoms with van der Waals surface area (Å²) in [7, 11) is 1.68. The van der Waals surface area contributed by atoms with E-state index >= 15 is 0 Å². The van der Waals surface area contributed by atoms with E-state index in [1.165, 1.54) is 10.9 Å². The van der Waals surface area contributed by atoms with Crippen molar-refractivity contribution in [3.63, 3.8) is 0 Å². The van der Waals surface area contributed by atoms with E-state index in [1.807, 2.05) is 36.4 Å². The minimum atomic E-state index is -1.22. The van der Waals surface area contributed by atoms with Gasteiger partial charge in [0.1, 0.15) is 6.61 Å². The molecule has 7 heteroatoms. The Morgan fingerprint density at radius 2 is 1.75 bits per heavy atom. The van der Waals surface area contributed by atoms with Crippen molar-refractivity contribution in [1.82, 2.24) is 15.1 Å². The summed E-state index contributed by atoms with van der Waals surface area (Å²) in [4.78, 5) is 23.8. The lowest BCUT2D eigenvalue weighted by Crippen LogP contribution is -2.34. The molecule has 0 fully saturated rings. The highest BCUT2D eigenvalue weighted by molar-refractivity contribution is 5.82. The van der Waals surface area contributed by atoms with Gasteiger partial charge in [0, 0.05) is 24.7 Å². The van der Waals surface area contributed by atoms with Gasteiger partial charge in [0.15, 0.2) is 6.04 Å². The van der Waals surface area contributed by atoms with Gasteiger partial charge in [-0.15, -0.1) is 0 Å². The van der Waals surface area contributed by atoms with Crippen LogP contribution in [0.5, 0.6) is 0 Å². The third-order valence-corrected chi connectivity index (χ3v) is 4.91. The van der Waals surface area contributed by atoms with Crippen molar-refractivity contribution in [3.8, 4) is 11.1 Å². The number of carbonyl (C=O) groups is 2. The number of hydrogen-bond donors (Lipinski definition) is 2. The predicted molar refractivity (Wildman–Crippen MR) is 102 cm³/mol. The number of aromatic nitrogens is 2. The van der Waals surface area contributed by atoms with E-state index in [0.717, 1.165) is 22.3 Å². The Balaban J connectivity index is 1.48. The summed E-state index contributed by atoms with van der Waals surface area (Å²) >= 11 is 0. The zero-order chi connectivity index (χ0) is 19.7. The number of benzene rings is 2. The molecule has 142 valence electrons. The summed E-state index contributed by atoms with van der Waals surface area (Å²) in [6, 6.07) is 14.8. The monoisotopic (exact) mass is 377 g/mol. The van der Waals surface area contributed by atoms with Crippen LogP contribution in [-0.2, 0) is 16.6 Å². The molecule has 3 aromatic rings. The zero-order valence-electron chi connectivity index (χ0n) is 15.2. The second-order valence-electron chi connectivity index (χ2n) is 6.69. The molecule has 1 aliphatic rings. The lowest BCUT2D eigenvalue weighted by molar-refractivity contribution is -0.139. The van der Waals surface area contributed by atoms with Gasteiger partial charge in [-0.05, 0) is 22.3 Å². The van der Waals surface area contributed by atoms with Crippen LogP contribution in [0.3, 0.4) is 0 Å². The van der Waals surface area contributed by atoms with Gasteiger partial charge in [-0.3, -0.25) is 4.68 Å². The maximum absolute atomic E-state index is 12.3. The van der Waals surface area contributed by atoms with Crippen molar-refractivity contribution < 1.29 is 19.4 Å². The van der Waals surface area contributed by atoms with Crippen molar-refractivity contribution in [2.24, 2.45) is 7.05 Å². The zero-order valence-corrected chi connectivity index (χ0v) is 15.2. The summed E-state index contributed by atoms with van der Waals surface area (Å²) < 4.78 is 6.88. The van der Waals surface area contributed by atoms with Crippen LogP contribution >= 0.6 is 0 Å². The van der Waals surface area contributed by atoms with E-state index in [1.54, 1.807) is 13.2 Å². The quantitative estimate of drug-likeness (QED) is 0.713. The number of amides is 1.